The number of hydrogen-bond donors (Lipinski definition) is 1. The highest BCUT2D eigenvalue weighted by Crippen LogP contribution is 2.33. The van der Waals surface area contributed by atoms with E-state index in [0.29, 0.717) is 17.4 Å². The molecule has 1 fully saturated rings. The highest BCUT2D eigenvalue weighted by molar-refractivity contribution is 8.18. The molecule has 0 aromatic heterocycles. The molecule has 1 saturated heterocycles. The van der Waals surface area contributed by atoms with E-state index in [1.54, 1.807) is 12.1 Å². The van der Waals surface area contributed by atoms with Crippen molar-refractivity contribution in [2.24, 2.45) is 0 Å². The summed E-state index contributed by atoms with van der Waals surface area (Å²) in [6.07, 6.45) is 1.30. The molecule has 0 saturated carbocycles. The number of nitrogens with one attached hydrogen (secondary N) is 1. The van der Waals surface area contributed by atoms with Gasteiger partial charge in [0.2, 0.25) is 5.91 Å². The number of nitrogens with zero attached hydrogens (tertiary/aromatic N) is 2. The SMILES string of the molecule is Cc1ccc(C)c(NC(=O)CN2C(=O)S/C(=C/c3ccccc3[N+](=O)[O-])C2=O)c1. The molecule has 2 aromatic rings. The second kappa shape index (κ2) is 8.27. The Hall–Kier alpha value is -3.46. The number of carbonyl (C=O) groups is 3. The van der Waals surface area contributed by atoms with Crippen LogP contribution in [0.1, 0.15) is 16.7 Å². The Morgan fingerprint density at radius 1 is 1.21 bits per heavy atom. The average Bonchev–Trinajstić information content (AvgIpc) is 2.92. The zero-order valence-electron chi connectivity index (χ0n) is 15.7. The predicted molar refractivity (Wildman–Crippen MR) is 110 cm³/mol. The van der Waals surface area contributed by atoms with Gasteiger partial charge < -0.3 is 5.32 Å². The van der Waals surface area contributed by atoms with Crippen LogP contribution in [0.2, 0.25) is 0 Å². The van der Waals surface area contributed by atoms with Crippen molar-refractivity contribution in [1.29, 1.82) is 0 Å². The number of aryl methyl sites for hydroxylation is 2. The Morgan fingerprint density at radius 2 is 1.93 bits per heavy atom. The Labute approximate surface area is 170 Å². The molecule has 148 valence electrons. The van der Waals surface area contributed by atoms with Crippen molar-refractivity contribution in [3.8, 4) is 0 Å². The maximum absolute atomic E-state index is 12.6. The van der Waals surface area contributed by atoms with Crippen LogP contribution in [0.3, 0.4) is 0 Å². The van der Waals surface area contributed by atoms with E-state index in [0.717, 1.165) is 16.0 Å². The Kier molecular flexibility index (Phi) is 5.79. The molecule has 0 unspecified atom stereocenters. The van der Waals surface area contributed by atoms with Crippen LogP contribution in [0.15, 0.2) is 47.4 Å². The first-order chi connectivity index (χ1) is 13.8. The number of para-hydroxylation sites is 1. The fraction of sp³-hybridized carbons (Fsp3) is 0.150. The third-order valence-electron chi connectivity index (χ3n) is 4.26. The lowest BCUT2D eigenvalue weighted by molar-refractivity contribution is -0.385. The molecular weight excluding hydrogens is 394 g/mol. The van der Waals surface area contributed by atoms with E-state index >= 15 is 0 Å². The van der Waals surface area contributed by atoms with Crippen molar-refractivity contribution in [3.05, 3.63) is 74.2 Å². The van der Waals surface area contributed by atoms with Gasteiger partial charge in [-0.15, -0.1) is 0 Å². The smallest absolute Gasteiger partial charge is 0.294 e. The fourth-order valence-corrected chi connectivity index (χ4v) is 3.59. The number of benzene rings is 2. The number of anilines is 1. The van der Waals surface area contributed by atoms with E-state index < -0.39 is 28.5 Å². The minimum Gasteiger partial charge on any atom is -0.324 e. The van der Waals surface area contributed by atoms with Gasteiger partial charge in [0, 0.05) is 11.8 Å². The lowest BCUT2D eigenvalue weighted by Crippen LogP contribution is -2.36. The molecule has 29 heavy (non-hydrogen) atoms. The van der Waals surface area contributed by atoms with Gasteiger partial charge >= 0.3 is 0 Å². The van der Waals surface area contributed by atoms with Gasteiger partial charge in [-0.05, 0) is 54.9 Å². The average molecular weight is 411 g/mol. The standard InChI is InChI=1S/C20H17N3O5S/c1-12-7-8-13(2)15(9-12)21-18(24)11-22-19(25)17(29-20(22)26)10-14-5-3-4-6-16(14)23(27)28/h3-10H,11H2,1-2H3,(H,21,24)/b17-10+. The molecule has 0 aliphatic carbocycles. The van der Waals surface area contributed by atoms with Gasteiger partial charge in [0.1, 0.15) is 6.54 Å². The van der Waals surface area contributed by atoms with Crippen molar-refractivity contribution in [1.82, 2.24) is 4.90 Å². The van der Waals surface area contributed by atoms with Crippen LogP contribution in [0.25, 0.3) is 6.08 Å². The second-order valence-electron chi connectivity index (χ2n) is 6.45. The first-order valence-electron chi connectivity index (χ1n) is 8.62. The van der Waals surface area contributed by atoms with E-state index in [4.69, 9.17) is 0 Å². The quantitative estimate of drug-likeness (QED) is 0.454. The molecule has 1 aliphatic rings. The summed E-state index contributed by atoms with van der Waals surface area (Å²) < 4.78 is 0. The van der Waals surface area contributed by atoms with Gasteiger partial charge in [-0.25, -0.2) is 0 Å². The number of thioether (sulfide) groups is 1. The van der Waals surface area contributed by atoms with Crippen LogP contribution in [-0.4, -0.2) is 33.4 Å². The molecule has 8 nitrogen and oxygen atoms in total. The predicted octanol–water partition coefficient (Wildman–Crippen LogP) is 3.89. The van der Waals surface area contributed by atoms with Crippen LogP contribution in [0.5, 0.6) is 0 Å². The first kappa shape index (κ1) is 20.3. The molecule has 9 heteroatoms. The maximum atomic E-state index is 12.6. The number of imide groups is 1. The van der Waals surface area contributed by atoms with Gasteiger partial charge in [0.25, 0.3) is 16.8 Å². The van der Waals surface area contributed by atoms with Crippen molar-refractivity contribution in [3.63, 3.8) is 0 Å². The lowest BCUT2D eigenvalue weighted by Gasteiger charge is -2.14. The summed E-state index contributed by atoms with van der Waals surface area (Å²) in [4.78, 5) is 48.6. The summed E-state index contributed by atoms with van der Waals surface area (Å²) in [6, 6.07) is 11.5. The minimum absolute atomic E-state index is 0.0313. The normalized spacial score (nSPS) is 15.1. The molecule has 1 aliphatic heterocycles. The monoisotopic (exact) mass is 411 g/mol. The number of amides is 3. The van der Waals surface area contributed by atoms with E-state index in [1.165, 1.54) is 24.3 Å². The van der Waals surface area contributed by atoms with E-state index in [-0.39, 0.29) is 16.2 Å². The number of carbonyl (C=O) groups excluding carboxylic acids is 3. The van der Waals surface area contributed by atoms with Crippen LogP contribution >= 0.6 is 11.8 Å². The highest BCUT2D eigenvalue weighted by atomic mass is 32.2. The molecule has 1 heterocycles. The fourth-order valence-electron chi connectivity index (χ4n) is 2.76. The van der Waals surface area contributed by atoms with Crippen LogP contribution < -0.4 is 5.32 Å². The third kappa shape index (κ3) is 4.52. The minimum atomic E-state index is -0.658. The topological polar surface area (TPSA) is 110 Å². The molecule has 0 atom stereocenters. The van der Waals surface area contributed by atoms with E-state index in [1.807, 2.05) is 26.0 Å². The first-order valence-corrected chi connectivity index (χ1v) is 9.44. The van der Waals surface area contributed by atoms with E-state index in [9.17, 15) is 24.5 Å². The van der Waals surface area contributed by atoms with Gasteiger partial charge in [-0.2, -0.15) is 0 Å². The lowest BCUT2D eigenvalue weighted by atomic mass is 10.1. The zero-order chi connectivity index (χ0) is 21.1. The summed E-state index contributed by atoms with van der Waals surface area (Å²) in [5.41, 5.74) is 2.46. The molecule has 0 radical (unpaired) electrons. The number of nitro benzene ring substituents is 1. The summed E-state index contributed by atoms with van der Waals surface area (Å²) in [5.74, 6) is -1.16. The van der Waals surface area contributed by atoms with Crippen molar-refractivity contribution < 1.29 is 19.3 Å². The summed E-state index contributed by atoms with van der Waals surface area (Å²) >= 11 is 0.647. The maximum Gasteiger partial charge on any atom is 0.294 e. The van der Waals surface area contributed by atoms with Crippen molar-refractivity contribution in [2.75, 3.05) is 11.9 Å². The van der Waals surface area contributed by atoms with Crippen LogP contribution in [0, 0.1) is 24.0 Å². The van der Waals surface area contributed by atoms with E-state index in [2.05, 4.69) is 5.32 Å². The zero-order valence-corrected chi connectivity index (χ0v) is 16.5. The van der Waals surface area contributed by atoms with Crippen molar-refractivity contribution >= 4 is 46.3 Å². The largest absolute Gasteiger partial charge is 0.324 e. The molecular formula is C20H17N3O5S. The Balaban J connectivity index is 1.76. The van der Waals surface area contributed by atoms with Gasteiger partial charge in [-0.1, -0.05) is 24.3 Å². The van der Waals surface area contributed by atoms with Crippen LogP contribution in [-0.2, 0) is 9.59 Å². The van der Waals surface area contributed by atoms with Gasteiger partial charge in [-0.3, -0.25) is 29.4 Å². The summed E-state index contributed by atoms with van der Waals surface area (Å²) in [7, 11) is 0. The molecule has 0 spiro atoms. The summed E-state index contributed by atoms with van der Waals surface area (Å²) in [6.45, 7) is 3.29. The van der Waals surface area contributed by atoms with Gasteiger partial charge in [0.15, 0.2) is 0 Å². The third-order valence-corrected chi connectivity index (χ3v) is 5.17. The van der Waals surface area contributed by atoms with Crippen LogP contribution in [0.4, 0.5) is 16.2 Å². The van der Waals surface area contributed by atoms with Gasteiger partial charge in [0.05, 0.1) is 15.4 Å². The highest BCUT2D eigenvalue weighted by Gasteiger charge is 2.36. The number of hydrogen-bond acceptors (Lipinski definition) is 6. The molecule has 3 amide bonds. The Bertz CT molecular complexity index is 1060. The second-order valence-corrected chi connectivity index (χ2v) is 7.44. The number of rotatable bonds is 5. The molecule has 1 N–H and O–H groups in total. The van der Waals surface area contributed by atoms with Crippen molar-refractivity contribution in [2.45, 2.75) is 13.8 Å². The molecule has 3 rings (SSSR count). The summed E-state index contributed by atoms with van der Waals surface area (Å²) in [5, 5.41) is 13.2. The molecule has 0 bridgehead atoms. The Morgan fingerprint density at radius 3 is 2.66 bits per heavy atom. The molecule has 2 aromatic carbocycles. The number of nitro groups is 1.